The summed E-state index contributed by atoms with van der Waals surface area (Å²) in [6.45, 7) is 1.92. The Morgan fingerprint density at radius 2 is 1.75 bits per heavy atom. The monoisotopic (exact) mass is 436 g/mol. The Hall–Kier alpha value is -3.25. The lowest BCUT2D eigenvalue weighted by Crippen LogP contribution is -2.17. The maximum absolute atomic E-state index is 12.2. The first kappa shape index (κ1) is 19.5. The van der Waals surface area contributed by atoms with E-state index in [1.807, 2.05) is 25.1 Å². The van der Waals surface area contributed by atoms with E-state index in [0.717, 1.165) is 11.1 Å². The van der Waals surface area contributed by atoms with Crippen molar-refractivity contribution in [2.45, 2.75) is 6.92 Å². The minimum absolute atomic E-state index is 0.279. The lowest BCUT2D eigenvalue weighted by atomic mass is 10.1. The van der Waals surface area contributed by atoms with E-state index >= 15 is 0 Å². The molecule has 3 aromatic rings. The second kappa shape index (κ2) is 9.10. The molecule has 0 heterocycles. The Kier molecular flexibility index (Phi) is 6.34. The number of aryl methyl sites for hydroxylation is 1. The quantitative estimate of drug-likeness (QED) is 0.271. The van der Waals surface area contributed by atoms with Gasteiger partial charge in [0.1, 0.15) is 5.75 Å². The van der Waals surface area contributed by atoms with Crippen molar-refractivity contribution < 1.29 is 14.3 Å². The molecule has 0 aromatic heterocycles. The number of hydrogen-bond acceptors (Lipinski definition) is 4. The van der Waals surface area contributed by atoms with Crippen LogP contribution in [0, 0.1) is 6.92 Å². The zero-order valence-electron chi connectivity index (χ0n) is 15.1. The lowest BCUT2D eigenvalue weighted by molar-refractivity contribution is 0.0733. The second-order valence-electron chi connectivity index (χ2n) is 6.01. The largest absolute Gasteiger partial charge is 0.423 e. The van der Waals surface area contributed by atoms with Gasteiger partial charge in [-0.3, -0.25) is 4.79 Å². The van der Waals surface area contributed by atoms with Crippen LogP contribution in [0.1, 0.15) is 31.8 Å². The fourth-order valence-electron chi connectivity index (χ4n) is 2.43. The van der Waals surface area contributed by atoms with Crippen LogP contribution in [-0.2, 0) is 0 Å². The number of ether oxygens (including phenoxy) is 1. The van der Waals surface area contributed by atoms with Gasteiger partial charge in [0.25, 0.3) is 5.91 Å². The highest BCUT2D eigenvalue weighted by Gasteiger charge is 2.11. The molecular weight excluding hydrogens is 420 g/mol. The van der Waals surface area contributed by atoms with Crippen LogP contribution in [0.3, 0.4) is 0 Å². The van der Waals surface area contributed by atoms with Crippen LogP contribution >= 0.6 is 15.9 Å². The van der Waals surface area contributed by atoms with E-state index in [9.17, 15) is 9.59 Å². The molecular formula is C22H17BrN2O3. The van der Waals surface area contributed by atoms with Gasteiger partial charge in [-0.25, -0.2) is 10.2 Å². The molecule has 0 unspecified atom stereocenters. The Morgan fingerprint density at radius 1 is 1.00 bits per heavy atom. The van der Waals surface area contributed by atoms with Gasteiger partial charge in [-0.05, 0) is 76.9 Å². The fourth-order valence-corrected chi connectivity index (χ4v) is 2.87. The maximum Gasteiger partial charge on any atom is 0.344 e. The second-order valence-corrected chi connectivity index (χ2v) is 6.86. The average Bonchev–Trinajstić information content (AvgIpc) is 2.69. The SMILES string of the molecule is Cc1cccc(C(=O)N/N=C/c2ccc(OC(=O)c3ccccc3Br)cc2)c1. The van der Waals surface area contributed by atoms with Crippen molar-refractivity contribution in [3.05, 3.63) is 99.5 Å². The number of carbonyl (C=O) groups excluding carboxylic acids is 2. The molecule has 0 saturated carbocycles. The van der Waals surface area contributed by atoms with Crippen molar-refractivity contribution in [3.8, 4) is 5.75 Å². The van der Waals surface area contributed by atoms with Crippen LogP contribution in [0.15, 0.2) is 82.4 Å². The van der Waals surface area contributed by atoms with Crippen molar-refractivity contribution in [1.29, 1.82) is 0 Å². The van der Waals surface area contributed by atoms with E-state index in [1.165, 1.54) is 6.21 Å². The molecule has 0 fully saturated rings. The Bertz CT molecular complexity index is 1030. The summed E-state index contributed by atoms with van der Waals surface area (Å²) in [6.07, 6.45) is 1.52. The van der Waals surface area contributed by atoms with Crippen molar-refractivity contribution in [2.75, 3.05) is 0 Å². The van der Waals surface area contributed by atoms with Gasteiger partial charge in [-0.15, -0.1) is 0 Å². The third-order valence-electron chi connectivity index (χ3n) is 3.84. The van der Waals surface area contributed by atoms with Gasteiger partial charge >= 0.3 is 5.97 Å². The highest BCUT2D eigenvalue weighted by Crippen LogP contribution is 2.19. The van der Waals surface area contributed by atoms with Gasteiger partial charge in [0.05, 0.1) is 11.8 Å². The van der Waals surface area contributed by atoms with Gasteiger partial charge in [-0.2, -0.15) is 5.10 Å². The number of esters is 1. The van der Waals surface area contributed by atoms with Crippen LogP contribution in [0.5, 0.6) is 5.75 Å². The summed E-state index contributed by atoms with van der Waals surface area (Å²) in [5.74, 6) is -0.306. The van der Waals surface area contributed by atoms with Crippen LogP contribution < -0.4 is 10.2 Å². The first-order chi connectivity index (χ1) is 13.5. The standard InChI is InChI=1S/C22H17BrN2O3/c1-15-5-4-6-17(13-15)21(26)25-24-14-16-9-11-18(12-10-16)28-22(27)19-7-2-3-8-20(19)23/h2-14H,1H3,(H,25,26)/b24-14+. The average molecular weight is 437 g/mol. The highest BCUT2D eigenvalue weighted by molar-refractivity contribution is 9.10. The smallest absolute Gasteiger partial charge is 0.344 e. The fraction of sp³-hybridized carbons (Fsp3) is 0.0455. The number of hydrazone groups is 1. The number of amides is 1. The van der Waals surface area contributed by atoms with Crippen molar-refractivity contribution in [2.24, 2.45) is 5.10 Å². The van der Waals surface area contributed by atoms with Crippen LogP contribution in [0.2, 0.25) is 0 Å². The summed E-state index contributed by atoms with van der Waals surface area (Å²) < 4.78 is 6.04. The topological polar surface area (TPSA) is 67.8 Å². The molecule has 0 saturated heterocycles. The number of halogens is 1. The van der Waals surface area contributed by atoms with Crippen LogP contribution in [0.25, 0.3) is 0 Å². The molecule has 0 aliphatic rings. The van der Waals surface area contributed by atoms with Gasteiger partial charge in [0.2, 0.25) is 0 Å². The van der Waals surface area contributed by atoms with Gasteiger partial charge < -0.3 is 4.74 Å². The summed E-state index contributed by atoms with van der Waals surface area (Å²) in [6, 6.07) is 21.1. The Labute approximate surface area is 171 Å². The summed E-state index contributed by atoms with van der Waals surface area (Å²) >= 11 is 3.33. The normalized spacial score (nSPS) is 10.6. The number of nitrogens with one attached hydrogen (secondary N) is 1. The van der Waals surface area contributed by atoms with E-state index in [4.69, 9.17) is 4.74 Å². The summed E-state index contributed by atoms with van der Waals surface area (Å²) in [4.78, 5) is 24.2. The molecule has 0 aliphatic heterocycles. The molecule has 1 N–H and O–H groups in total. The minimum atomic E-state index is -0.445. The predicted molar refractivity (Wildman–Crippen MR) is 112 cm³/mol. The zero-order chi connectivity index (χ0) is 19.9. The first-order valence-corrected chi connectivity index (χ1v) is 9.29. The molecule has 5 nitrogen and oxygen atoms in total. The number of nitrogens with zero attached hydrogens (tertiary/aromatic N) is 1. The van der Waals surface area contributed by atoms with E-state index in [1.54, 1.807) is 54.6 Å². The van der Waals surface area contributed by atoms with E-state index in [2.05, 4.69) is 26.5 Å². The third kappa shape index (κ3) is 5.14. The molecule has 28 heavy (non-hydrogen) atoms. The first-order valence-electron chi connectivity index (χ1n) is 8.50. The van der Waals surface area contributed by atoms with E-state index in [0.29, 0.717) is 21.3 Å². The van der Waals surface area contributed by atoms with Crippen molar-refractivity contribution in [3.63, 3.8) is 0 Å². The predicted octanol–water partition coefficient (Wildman–Crippen LogP) is 4.74. The summed E-state index contributed by atoms with van der Waals surface area (Å²) in [5, 5.41) is 3.96. The Morgan fingerprint density at radius 3 is 2.46 bits per heavy atom. The third-order valence-corrected chi connectivity index (χ3v) is 4.54. The van der Waals surface area contributed by atoms with Crippen LogP contribution in [-0.4, -0.2) is 18.1 Å². The zero-order valence-corrected chi connectivity index (χ0v) is 16.6. The Balaban J connectivity index is 1.58. The molecule has 0 spiro atoms. The number of benzene rings is 3. The van der Waals surface area contributed by atoms with E-state index < -0.39 is 5.97 Å². The van der Waals surface area contributed by atoms with Crippen molar-refractivity contribution in [1.82, 2.24) is 5.43 Å². The van der Waals surface area contributed by atoms with Gasteiger partial charge in [-0.1, -0.05) is 29.8 Å². The summed E-state index contributed by atoms with van der Waals surface area (Å²) in [5.41, 5.74) is 5.25. The molecule has 0 atom stereocenters. The number of carbonyl (C=O) groups is 2. The van der Waals surface area contributed by atoms with Gasteiger partial charge in [0, 0.05) is 10.0 Å². The molecule has 140 valence electrons. The van der Waals surface area contributed by atoms with E-state index in [-0.39, 0.29) is 5.91 Å². The lowest BCUT2D eigenvalue weighted by Gasteiger charge is -2.06. The minimum Gasteiger partial charge on any atom is -0.423 e. The number of rotatable bonds is 5. The molecule has 0 radical (unpaired) electrons. The van der Waals surface area contributed by atoms with Crippen LogP contribution in [0.4, 0.5) is 0 Å². The maximum atomic E-state index is 12.2. The molecule has 3 rings (SSSR count). The molecule has 3 aromatic carbocycles. The highest BCUT2D eigenvalue weighted by atomic mass is 79.9. The molecule has 0 bridgehead atoms. The molecule has 6 heteroatoms. The molecule has 1 amide bonds. The van der Waals surface area contributed by atoms with Gasteiger partial charge in [0.15, 0.2) is 0 Å². The summed E-state index contributed by atoms with van der Waals surface area (Å²) in [7, 11) is 0. The molecule has 0 aliphatic carbocycles. The number of hydrogen-bond donors (Lipinski definition) is 1. The van der Waals surface area contributed by atoms with Crippen molar-refractivity contribution >= 4 is 34.0 Å².